The highest BCUT2D eigenvalue weighted by Crippen LogP contribution is 2.31. The summed E-state index contributed by atoms with van der Waals surface area (Å²) in [5.74, 6) is 0. The summed E-state index contributed by atoms with van der Waals surface area (Å²) in [7, 11) is 1.64. The molecule has 0 fully saturated rings. The molecule has 1 rings (SSSR count). The number of methoxy groups -OCH3 is 1. The maximum Gasteiger partial charge on any atom is 0.165 e. The lowest BCUT2D eigenvalue weighted by Gasteiger charge is -2.25. The van der Waals surface area contributed by atoms with Gasteiger partial charge < -0.3 is 14.2 Å². The van der Waals surface area contributed by atoms with Crippen molar-refractivity contribution in [3.05, 3.63) is 22.7 Å². The summed E-state index contributed by atoms with van der Waals surface area (Å²) >= 11 is 9.62. The van der Waals surface area contributed by atoms with Crippen LogP contribution in [0.2, 0.25) is 0 Å². The van der Waals surface area contributed by atoms with E-state index in [1.165, 1.54) is 0 Å². The van der Waals surface area contributed by atoms with E-state index in [1.807, 2.05) is 18.2 Å². The SMILES string of the molecule is COCCOCCOC1(Cl)C=C(Br)C=CC1. The zero-order chi connectivity index (χ0) is 11.9. The van der Waals surface area contributed by atoms with Crippen LogP contribution < -0.4 is 0 Å². The van der Waals surface area contributed by atoms with Gasteiger partial charge >= 0.3 is 0 Å². The zero-order valence-electron chi connectivity index (χ0n) is 9.25. The Bertz CT molecular complexity index is 268. The van der Waals surface area contributed by atoms with Crippen molar-refractivity contribution in [1.29, 1.82) is 0 Å². The third-order valence-corrected chi connectivity index (χ3v) is 2.89. The van der Waals surface area contributed by atoms with Crippen LogP contribution in [0.4, 0.5) is 0 Å². The lowest BCUT2D eigenvalue weighted by molar-refractivity contribution is -0.00614. The molecule has 0 N–H and O–H groups in total. The molecule has 0 aromatic carbocycles. The molecular weight excluding hydrogens is 295 g/mol. The number of hydrogen-bond donors (Lipinski definition) is 0. The first kappa shape index (κ1) is 14.2. The second-order valence-electron chi connectivity index (χ2n) is 3.38. The number of alkyl halides is 1. The van der Waals surface area contributed by atoms with Crippen LogP contribution in [0, 0.1) is 0 Å². The van der Waals surface area contributed by atoms with Gasteiger partial charge in [0.15, 0.2) is 5.06 Å². The molecule has 0 aliphatic heterocycles. The molecule has 0 saturated carbocycles. The first-order valence-corrected chi connectivity index (χ1v) is 6.28. The van der Waals surface area contributed by atoms with Gasteiger partial charge in [-0.3, -0.25) is 0 Å². The molecule has 3 nitrogen and oxygen atoms in total. The van der Waals surface area contributed by atoms with E-state index >= 15 is 0 Å². The molecule has 5 heteroatoms. The third kappa shape index (κ3) is 5.46. The Kier molecular flexibility index (Phi) is 6.61. The molecule has 1 aliphatic rings. The Labute approximate surface area is 110 Å². The predicted molar refractivity (Wildman–Crippen MR) is 68.0 cm³/mol. The summed E-state index contributed by atoms with van der Waals surface area (Å²) in [6, 6.07) is 0. The minimum absolute atomic E-state index is 0.470. The average molecular weight is 312 g/mol. The number of ether oxygens (including phenoxy) is 3. The highest BCUT2D eigenvalue weighted by atomic mass is 79.9. The van der Waals surface area contributed by atoms with Crippen LogP contribution in [0.1, 0.15) is 6.42 Å². The average Bonchev–Trinajstić information content (AvgIpc) is 2.23. The number of rotatable bonds is 7. The molecule has 0 aromatic rings. The quantitative estimate of drug-likeness (QED) is 0.534. The van der Waals surface area contributed by atoms with Crippen LogP contribution in [0.3, 0.4) is 0 Å². The van der Waals surface area contributed by atoms with Crippen LogP contribution in [0.25, 0.3) is 0 Å². The van der Waals surface area contributed by atoms with E-state index in [4.69, 9.17) is 25.8 Å². The van der Waals surface area contributed by atoms with Crippen molar-refractivity contribution in [3.63, 3.8) is 0 Å². The maximum atomic E-state index is 6.25. The summed E-state index contributed by atoms with van der Waals surface area (Å²) in [4.78, 5) is 0. The van der Waals surface area contributed by atoms with E-state index in [2.05, 4.69) is 15.9 Å². The predicted octanol–water partition coefficient (Wildman–Crippen LogP) is 2.84. The van der Waals surface area contributed by atoms with E-state index in [0.717, 1.165) is 4.48 Å². The molecule has 0 aromatic heterocycles. The molecule has 0 spiro atoms. The topological polar surface area (TPSA) is 27.7 Å². The van der Waals surface area contributed by atoms with Crippen molar-refractivity contribution < 1.29 is 14.2 Å². The van der Waals surface area contributed by atoms with E-state index in [9.17, 15) is 0 Å². The molecule has 0 heterocycles. The lowest BCUT2D eigenvalue weighted by atomic mass is 10.1. The fourth-order valence-corrected chi connectivity index (χ4v) is 2.23. The van der Waals surface area contributed by atoms with Gasteiger partial charge in [-0.05, 0) is 6.08 Å². The first-order chi connectivity index (χ1) is 7.66. The van der Waals surface area contributed by atoms with Gasteiger partial charge in [-0.25, -0.2) is 0 Å². The monoisotopic (exact) mass is 310 g/mol. The Morgan fingerprint density at radius 1 is 1.38 bits per heavy atom. The number of hydrogen-bond acceptors (Lipinski definition) is 3. The standard InChI is InChI=1S/C11H16BrClO3/c1-14-5-6-15-7-8-16-11(13)4-2-3-10(12)9-11/h2-3,9H,4-8H2,1H3. The summed E-state index contributed by atoms with van der Waals surface area (Å²) in [5, 5.41) is -0.738. The maximum absolute atomic E-state index is 6.25. The summed E-state index contributed by atoms with van der Waals surface area (Å²) in [6.45, 7) is 2.17. The highest BCUT2D eigenvalue weighted by molar-refractivity contribution is 9.11. The Morgan fingerprint density at radius 3 is 2.81 bits per heavy atom. The van der Waals surface area contributed by atoms with Gasteiger partial charge in [-0.2, -0.15) is 0 Å². The van der Waals surface area contributed by atoms with Crippen molar-refractivity contribution in [2.75, 3.05) is 33.5 Å². The van der Waals surface area contributed by atoms with E-state index in [0.29, 0.717) is 32.8 Å². The van der Waals surface area contributed by atoms with Gasteiger partial charge in [0, 0.05) is 18.0 Å². The third-order valence-electron chi connectivity index (χ3n) is 2.03. The highest BCUT2D eigenvalue weighted by Gasteiger charge is 2.26. The van der Waals surface area contributed by atoms with Crippen LogP contribution in [-0.4, -0.2) is 38.6 Å². The van der Waals surface area contributed by atoms with E-state index < -0.39 is 5.06 Å². The van der Waals surface area contributed by atoms with Gasteiger partial charge in [0.05, 0.1) is 26.4 Å². The first-order valence-electron chi connectivity index (χ1n) is 5.11. The molecule has 0 amide bonds. The van der Waals surface area contributed by atoms with Crippen molar-refractivity contribution >= 4 is 27.5 Å². The molecule has 0 saturated heterocycles. The van der Waals surface area contributed by atoms with Gasteiger partial charge in [-0.15, -0.1) is 0 Å². The van der Waals surface area contributed by atoms with Crippen molar-refractivity contribution in [1.82, 2.24) is 0 Å². The Morgan fingerprint density at radius 2 is 2.12 bits per heavy atom. The number of allylic oxidation sites excluding steroid dienone is 2. The van der Waals surface area contributed by atoms with Crippen LogP contribution in [0.15, 0.2) is 22.7 Å². The molecule has 1 atom stereocenters. The molecule has 0 bridgehead atoms. The van der Waals surface area contributed by atoms with E-state index in [-0.39, 0.29) is 0 Å². The summed E-state index contributed by atoms with van der Waals surface area (Å²) in [6.07, 6.45) is 6.45. The van der Waals surface area contributed by atoms with Crippen molar-refractivity contribution in [2.45, 2.75) is 11.5 Å². The summed E-state index contributed by atoms with van der Waals surface area (Å²) in [5.41, 5.74) is 0. The van der Waals surface area contributed by atoms with Crippen LogP contribution >= 0.6 is 27.5 Å². The lowest BCUT2D eigenvalue weighted by Crippen LogP contribution is -2.26. The Hall–Kier alpha value is 0.130. The van der Waals surface area contributed by atoms with Crippen molar-refractivity contribution in [2.24, 2.45) is 0 Å². The zero-order valence-corrected chi connectivity index (χ0v) is 11.6. The van der Waals surface area contributed by atoms with Crippen molar-refractivity contribution in [3.8, 4) is 0 Å². The minimum Gasteiger partial charge on any atom is -0.382 e. The fourth-order valence-electron chi connectivity index (χ4n) is 1.26. The second kappa shape index (κ2) is 7.45. The fraction of sp³-hybridized carbons (Fsp3) is 0.636. The normalized spacial score (nSPS) is 24.6. The smallest absolute Gasteiger partial charge is 0.165 e. The van der Waals surface area contributed by atoms with Crippen LogP contribution in [-0.2, 0) is 14.2 Å². The van der Waals surface area contributed by atoms with Gasteiger partial charge in [0.25, 0.3) is 0 Å². The molecule has 92 valence electrons. The molecular formula is C11H16BrClO3. The van der Waals surface area contributed by atoms with Gasteiger partial charge in [0.1, 0.15) is 0 Å². The Balaban J connectivity index is 2.15. The van der Waals surface area contributed by atoms with Gasteiger partial charge in [0.2, 0.25) is 0 Å². The molecule has 1 aliphatic carbocycles. The number of halogens is 2. The largest absolute Gasteiger partial charge is 0.382 e. The minimum atomic E-state index is -0.738. The summed E-state index contributed by atoms with van der Waals surface area (Å²) < 4.78 is 16.6. The van der Waals surface area contributed by atoms with Gasteiger partial charge in [-0.1, -0.05) is 39.7 Å². The van der Waals surface area contributed by atoms with Crippen LogP contribution in [0.5, 0.6) is 0 Å². The molecule has 16 heavy (non-hydrogen) atoms. The van der Waals surface area contributed by atoms with E-state index in [1.54, 1.807) is 7.11 Å². The second-order valence-corrected chi connectivity index (χ2v) is 4.93. The molecule has 1 unspecified atom stereocenters. The molecule has 0 radical (unpaired) electrons.